The highest BCUT2D eigenvalue weighted by Crippen LogP contribution is 2.42. The van der Waals surface area contributed by atoms with Crippen LogP contribution in [0.2, 0.25) is 0 Å². The maximum atomic E-state index is 13.4. The largest absolute Gasteiger partial charge is 0.481 e. The van der Waals surface area contributed by atoms with Crippen LogP contribution in [-0.2, 0) is 6.18 Å². The molecule has 0 aliphatic heterocycles. The van der Waals surface area contributed by atoms with Gasteiger partial charge in [-0.2, -0.15) is 31.0 Å². The van der Waals surface area contributed by atoms with Crippen molar-refractivity contribution in [1.29, 1.82) is 0 Å². The molecule has 192 valence electrons. The second kappa shape index (κ2) is 9.67. The SMILES string of the molecule is CC(NC(=O)c1cc(C2CC2)cc(C(F)(F)F)c1)c1nc(Br)nn1-c1ncc(OCC(F)(F)F)cn1. The maximum absolute atomic E-state index is 13.4. The lowest BCUT2D eigenvalue weighted by Crippen LogP contribution is -2.29. The Morgan fingerprint density at radius 3 is 2.42 bits per heavy atom. The van der Waals surface area contributed by atoms with E-state index in [4.69, 9.17) is 0 Å². The number of carbonyl (C=O) groups is 1. The summed E-state index contributed by atoms with van der Waals surface area (Å²) in [5, 5.41) is 6.66. The van der Waals surface area contributed by atoms with Gasteiger partial charge in [0.2, 0.25) is 4.73 Å². The van der Waals surface area contributed by atoms with E-state index in [2.05, 4.69) is 46.0 Å². The van der Waals surface area contributed by atoms with Crippen molar-refractivity contribution < 1.29 is 35.9 Å². The van der Waals surface area contributed by atoms with Gasteiger partial charge >= 0.3 is 12.4 Å². The minimum atomic E-state index is -4.61. The number of nitrogens with one attached hydrogen (secondary N) is 1. The molecule has 36 heavy (non-hydrogen) atoms. The Morgan fingerprint density at radius 1 is 1.17 bits per heavy atom. The number of ether oxygens (including phenoxy) is 1. The Kier molecular flexibility index (Phi) is 6.94. The third-order valence-corrected chi connectivity index (χ3v) is 5.48. The molecule has 15 heteroatoms. The van der Waals surface area contributed by atoms with Crippen LogP contribution >= 0.6 is 15.9 Å². The molecule has 1 aliphatic carbocycles. The predicted octanol–water partition coefficient (Wildman–Crippen LogP) is 5.15. The number of hydrogen-bond acceptors (Lipinski definition) is 6. The van der Waals surface area contributed by atoms with E-state index in [-0.39, 0.29) is 33.7 Å². The van der Waals surface area contributed by atoms with E-state index in [0.29, 0.717) is 5.56 Å². The maximum Gasteiger partial charge on any atom is 0.422 e. The molecule has 1 unspecified atom stereocenters. The van der Waals surface area contributed by atoms with Gasteiger partial charge in [0.15, 0.2) is 18.2 Å². The fourth-order valence-electron chi connectivity index (χ4n) is 3.33. The molecule has 4 rings (SSSR count). The third kappa shape index (κ3) is 6.30. The minimum absolute atomic E-state index is 0.00411. The molecule has 0 bridgehead atoms. The summed E-state index contributed by atoms with van der Waals surface area (Å²) in [5.74, 6) is -0.949. The van der Waals surface area contributed by atoms with Gasteiger partial charge in [-0.15, -0.1) is 5.10 Å². The quantitative estimate of drug-likeness (QED) is 0.390. The smallest absolute Gasteiger partial charge is 0.422 e. The molecule has 1 atom stereocenters. The normalized spacial score (nSPS) is 15.0. The van der Waals surface area contributed by atoms with E-state index in [1.165, 1.54) is 13.0 Å². The number of benzene rings is 1. The van der Waals surface area contributed by atoms with E-state index < -0.39 is 36.5 Å². The van der Waals surface area contributed by atoms with Crippen molar-refractivity contribution in [3.05, 3.63) is 57.8 Å². The van der Waals surface area contributed by atoms with Gasteiger partial charge < -0.3 is 10.1 Å². The molecule has 1 fully saturated rings. The van der Waals surface area contributed by atoms with Crippen LogP contribution in [0, 0.1) is 0 Å². The number of hydrogen-bond donors (Lipinski definition) is 1. The molecule has 1 saturated carbocycles. The van der Waals surface area contributed by atoms with E-state index in [1.54, 1.807) is 0 Å². The number of halogens is 7. The molecule has 8 nitrogen and oxygen atoms in total. The van der Waals surface area contributed by atoms with Crippen LogP contribution in [0.25, 0.3) is 5.95 Å². The van der Waals surface area contributed by atoms with E-state index in [1.807, 2.05) is 0 Å². The Morgan fingerprint density at radius 2 is 1.83 bits per heavy atom. The lowest BCUT2D eigenvalue weighted by molar-refractivity contribution is -0.153. The van der Waals surface area contributed by atoms with Crippen LogP contribution < -0.4 is 10.1 Å². The second-order valence-corrected chi connectivity index (χ2v) is 8.79. The molecule has 0 radical (unpaired) electrons. The molecule has 1 aromatic carbocycles. The van der Waals surface area contributed by atoms with Gasteiger partial charge in [-0.1, -0.05) is 0 Å². The van der Waals surface area contributed by atoms with Crippen molar-refractivity contribution in [2.45, 2.75) is 44.1 Å². The highest BCUT2D eigenvalue weighted by Gasteiger charge is 2.34. The summed E-state index contributed by atoms with van der Waals surface area (Å²) in [6.07, 6.45) is -5.59. The van der Waals surface area contributed by atoms with Crippen LogP contribution in [0.1, 0.15) is 59.0 Å². The summed E-state index contributed by atoms with van der Waals surface area (Å²) >= 11 is 3.10. The summed E-state index contributed by atoms with van der Waals surface area (Å²) in [6.45, 7) is 0.0119. The number of amides is 1. The van der Waals surface area contributed by atoms with Crippen LogP contribution in [0.5, 0.6) is 5.75 Å². The van der Waals surface area contributed by atoms with Crippen LogP contribution in [0.4, 0.5) is 26.3 Å². The summed E-state index contributed by atoms with van der Waals surface area (Å²) in [5.41, 5.74) is -0.599. The molecular weight excluding hydrogens is 562 g/mol. The van der Waals surface area contributed by atoms with Gasteiger partial charge in [0.25, 0.3) is 11.9 Å². The zero-order valence-electron chi connectivity index (χ0n) is 18.4. The van der Waals surface area contributed by atoms with Gasteiger partial charge in [-0.3, -0.25) is 4.79 Å². The summed E-state index contributed by atoms with van der Waals surface area (Å²) in [6, 6.07) is 2.43. The highest BCUT2D eigenvalue weighted by molar-refractivity contribution is 9.10. The average molecular weight is 579 g/mol. The van der Waals surface area contributed by atoms with Crippen LogP contribution in [0.15, 0.2) is 35.3 Å². The lowest BCUT2D eigenvalue weighted by Gasteiger charge is -2.16. The summed E-state index contributed by atoms with van der Waals surface area (Å²) in [4.78, 5) is 24.9. The van der Waals surface area contributed by atoms with E-state index in [0.717, 1.165) is 42.0 Å². The minimum Gasteiger partial charge on any atom is -0.481 e. The molecular formula is C21H17BrF6N6O2. The van der Waals surface area contributed by atoms with E-state index >= 15 is 0 Å². The zero-order chi connectivity index (χ0) is 26.3. The number of carbonyl (C=O) groups excluding carboxylic acids is 1. The second-order valence-electron chi connectivity index (χ2n) is 8.08. The standard InChI is InChI=1S/C21H17BrF6N6O2/c1-10(31-17(35)13-4-12(11-2-3-11)5-14(6-13)21(26,27)28)16-32-18(22)33-34(16)19-29-7-15(8-30-19)36-9-20(23,24)25/h4-8,10-11H,2-3,9H2,1H3,(H,31,35). The van der Waals surface area contributed by atoms with Gasteiger partial charge in [0.05, 0.1) is 24.0 Å². The number of alkyl halides is 6. The first-order valence-electron chi connectivity index (χ1n) is 10.5. The first-order valence-corrected chi connectivity index (χ1v) is 11.3. The van der Waals surface area contributed by atoms with Crippen molar-refractivity contribution >= 4 is 21.8 Å². The van der Waals surface area contributed by atoms with Gasteiger partial charge in [0, 0.05) is 5.56 Å². The van der Waals surface area contributed by atoms with Crippen LogP contribution in [-0.4, -0.2) is 43.4 Å². The Bertz CT molecular complexity index is 1260. The fraction of sp³-hybridized carbons (Fsp3) is 0.381. The number of nitrogens with zero attached hydrogens (tertiary/aromatic N) is 5. The van der Waals surface area contributed by atoms with Gasteiger partial charge in [-0.25, -0.2) is 15.0 Å². The first kappa shape index (κ1) is 25.9. The Labute approximate surface area is 208 Å². The first-order chi connectivity index (χ1) is 16.8. The number of rotatable bonds is 7. The molecule has 1 amide bonds. The highest BCUT2D eigenvalue weighted by atomic mass is 79.9. The monoisotopic (exact) mass is 578 g/mol. The fourth-order valence-corrected chi connectivity index (χ4v) is 3.67. The molecule has 1 N–H and O–H groups in total. The number of aromatic nitrogens is 5. The molecule has 0 saturated heterocycles. The Balaban J connectivity index is 1.54. The topological polar surface area (TPSA) is 94.8 Å². The van der Waals surface area contributed by atoms with E-state index in [9.17, 15) is 31.1 Å². The van der Waals surface area contributed by atoms with Crippen molar-refractivity contribution in [1.82, 2.24) is 30.0 Å². The molecule has 2 heterocycles. The van der Waals surface area contributed by atoms with Crippen molar-refractivity contribution in [3.8, 4) is 11.7 Å². The molecule has 3 aromatic rings. The third-order valence-electron chi connectivity index (χ3n) is 5.14. The van der Waals surface area contributed by atoms with Crippen molar-refractivity contribution in [2.24, 2.45) is 0 Å². The lowest BCUT2D eigenvalue weighted by atomic mass is 10.0. The molecule has 2 aromatic heterocycles. The summed E-state index contributed by atoms with van der Waals surface area (Å²) < 4.78 is 82.8. The van der Waals surface area contributed by atoms with Gasteiger partial charge in [0.1, 0.15) is 0 Å². The molecule has 1 aliphatic rings. The van der Waals surface area contributed by atoms with Crippen molar-refractivity contribution in [2.75, 3.05) is 6.61 Å². The van der Waals surface area contributed by atoms with Crippen LogP contribution in [0.3, 0.4) is 0 Å². The van der Waals surface area contributed by atoms with Gasteiger partial charge in [-0.05, 0) is 65.4 Å². The predicted molar refractivity (Wildman–Crippen MR) is 115 cm³/mol. The average Bonchev–Trinajstić information content (AvgIpc) is 3.58. The van der Waals surface area contributed by atoms with Crippen molar-refractivity contribution in [3.63, 3.8) is 0 Å². The Hall–Kier alpha value is -3.23. The zero-order valence-corrected chi connectivity index (χ0v) is 19.9. The summed E-state index contributed by atoms with van der Waals surface area (Å²) in [7, 11) is 0. The molecule has 0 spiro atoms.